The molecule has 12 heteroatoms. The minimum Gasteiger partial charge on any atom is -0.379 e. The molecule has 0 radical (unpaired) electrons. The maximum absolute atomic E-state index is 13.8. The van der Waals surface area contributed by atoms with Crippen molar-refractivity contribution in [2.24, 2.45) is 0 Å². The van der Waals surface area contributed by atoms with Gasteiger partial charge in [0.1, 0.15) is 17.6 Å². The van der Waals surface area contributed by atoms with Crippen LogP contribution in [-0.4, -0.2) is 87.3 Å². The number of hydrogen-bond acceptors (Lipinski definition) is 7. The van der Waals surface area contributed by atoms with Gasteiger partial charge in [-0.2, -0.15) is 0 Å². The fourth-order valence-electron chi connectivity index (χ4n) is 4.56. The molecule has 4 rings (SSSR count). The van der Waals surface area contributed by atoms with Crippen molar-refractivity contribution >= 4 is 23.5 Å². The van der Waals surface area contributed by atoms with E-state index in [1.807, 2.05) is 0 Å². The highest BCUT2D eigenvalue weighted by molar-refractivity contribution is 5.94. The molecule has 1 aliphatic rings. The highest BCUT2D eigenvalue weighted by Crippen LogP contribution is 2.24. The number of fused-ring (bicyclic) bond motifs is 1. The Balaban J connectivity index is 1.62. The summed E-state index contributed by atoms with van der Waals surface area (Å²) in [5.41, 5.74) is 1.71. The van der Waals surface area contributed by atoms with E-state index in [-0.39, 0.29) is 35.8 Å². The fourth-order valence-corrected chi connectivity index (χ4v) is 4.56. The van der Waals surface area contributed by atoms with Gasteiger partial charge < -0.3 is 25.2 Å². The number of carbonyl (C=O) groups is 3. The molecule has 3 heterocycles. The van der Waals surface area contributed by atoms with E-state index in [1.165, 1.54) is 24.1 Å². The Morgan fingerprint density at radius 2 is 1.98 bits per heavy atom. The molecule has 0 bridgehead atoms. The second-order valence-corrected chi connectivity index (χ2v) is 9.98. The average molecular weight is 566 g/mol. The molecular weight excluding hydrogens is 529 g/mol. The van der Waals surface area contributed by atoms with Crippen molar-refractivity contribution in [3.63, 3.8) is 0 Å². The zero-order valence-corrected chi connectivity index (χ0v) is 23.7. The molecule has 1 aromatic carbocycles. The molecule has 0 spiro atoms. The SMILES string of the molecule is CN[C@@H](C)C(=O)N[C@H](C(=O)N1CCC/C1=C\N(CCc1ccc(F)cc1)C(=O)c1cn2cccnc2n1)[C@@H](C)OC. The van der Waals surface area contributed by atoms with Gasteiger partial charge in [0.15, 0.2) is 0 Å². The predicted octanol–water partition coefficient (Wildman–Crippen LogP) is 2.14. The summed E-state index contributed by atoms with van der Waals surface area (Å²) in [6, 6.07) is 6.44. The van der Waals surface area contributed by atoms with E-state index in [4.69, 9.17) is 4.74 Å². The summed E-state index contributed by atoms with van der Waals surface area (Å²) in [6.07, 6.45) is 7.78. The summed E-state index contributed by atoms with van der Waals surface area (Å²) in [4.78, 5) is 51.8. The Morgan fingerprint density at radius 3 is 2.66 bits per heavy atom. The van der Waals surface area contributed by atoms with E-state index in [1.54, 1.807) is 73.2 Å². The van der Waals surface area contributed by atoms with Crippen LogP contribution < -0.4 is 10.6 Å². The lowest BCUT2D eigenvalue weighted by atomic mass is 10.1. The molecule has 1 aliphatic heterocycles. The van der Waals surface area contributed by atoms with Crippen molar-refractivity contribution < 1.29 is 23.5 Å². The molecule has 0 saturated carbocycles. The number of halogens is 1. The van der Waals surface area contributed by atoms with Gasteiger partial charge in [0.2, 0.25) is 11.7 Å². The third-order valence-electron chi connectivity index (χ3n) is 7.23. The maximum atomic E-state index is 13.8. The van der Waals surface area contributed by atoms with E-state index in [9.17, 15) is 18.8 Å². The first-order chi connectivity index (χ1) is 19.7. The monoisotopic (exact) mass is 565 g/mol. The van der Waals surface area contributed by atoms with Crippen LogP contribution in [0.15, 0.2) is 60.8 Å². The normalized spacial score (nSPS) is 16.5. The quantitative estimate of drug-likeness (QED) is 0.366. The molecule has 0 aliphatic carbocycles. The van der Waals surface area contributed by atoms with Crippen molar-refractivity contribution in [1.29, 1.82) is 0 Å². The zero-order chi connectivity index (χ0) is 29.5. The van der Waals surface area contributed by atoms with Crippen LogP contribution >= 0.6 is 0 Å². The third-order valence-corrected chi connectivity index (χ3v) is 7.23. The van der Waals surface area contributed by atoms with E-state index < -0.39 is 18.2 Å². The summed E-state index contributed by atoms with van der Waals surface area (Å²) < 4.78 is 20.5. The third kappa shape index (κ3) is 7.14. The number of carbonyl (C=O) groups excluding carboxylic acids is 3. The number of likely N-dealkylation sites (N-methyl/N-ethyl adjacent to an activating group) is 1. The minimum atomic E-state index is -0.919. The van der Waals surface area contributed by atoms with Gasteiger partial charge in [0.25, 0.3) is 11.8 Å². The van der Waals surface area contributed by atoms with Crippen molar-refractivity contribution in [2.75, 3.05) is 27.2 Å². The van der Waals surface area contributed by atoms with E-state index in [0.29, 0.717) is 37.3 Å². The molecule has 0 unspecified atom stereocenters. The molecule has 3 aromatic rings. The topological polar surface area (TPSA) is 121 Å². The van der Waals surface area contributed by atoms with E-state index in [2.05, 4.69) is 20.6 Å². The Kier molecular flexibility index (Phi) is 9.79. The van der Waals surface area contributed by atoms with E-state index in [0.717, 1.165) is 5.56 Å². The summed E-state index contributed by atoms with van der Waals surface area (Å²) in [7, 11) is 3.15. The molecule has 218 valence electrons. The van der Waals surface area contributed by atoms with Gasteiger partial charge in [-0.05, 0) is 63.9 Å². The Morgan fingerprint density at radius 1 is 1.22 bits per heavy atom. The molecule has 1 fully saturated rings. The van der Waals surface area contributed by atoms with Gasteiger partial charge in [0.05, 0.1) is 12.1 Å². The fraction of sp³-hybridized carbons (Fsp3) is 0.414. The highest BCUT2D eigenvalue weighted by Gasteiger charge is 2.35. The van der Waals surface area contributed by atoms with Crippen LogP contribution in [0.4, 0.5) is 4.39 Å². The molecule has 3 amide bonds. The van der Waals surface area contributed by atoms with Crippen molar-refractivity contribution in [3.05, 3.63) is 77.9 Å². The summed E-state index contributed by atoms with van der Waals surface area (Å²) in [5.74, 6) is -0.944. The van der Waals surface area contributed by atoms with Gasteiger partial charge in [-0.3, -0.25) is 18.8 Å². The first-order valence-corrected chi connectivity index (χ1v) is 13.6. The molecular formula is C29H36FN7O4. The Hall–Kier alpha value is -4.16. The van der Waals surface area contributed by atoms with Gasteiger partial charge in [-0.15, -0.1) is 0 Å². The summed E-state index contributed by atoms with van der Waals surface area (Å²) in [6.45, 7) is 4.14. The molecule has 1 saturated heterocycles. The van der Waals surface area contributed by atoms with Crippen LogP contribution in [0.5, 0.6) is 0 Å². The molecule has 3 atom stereocenters. The maximum Gasteiger partial charge on any atom is 0.278 e. The second-order valence-electron chi connectivity index (χ2n) is 9.98. The van der Waals surface area contributed by atoms with Crippen molar-refractivity contribution in [2.45, 2.75) is 51.3 Å². The standard InChI is InChI=1S/C29H36FN7O4/c1-19(31-3)26(38)34-25(20(2)41-4)28(40)37-15-5-7-23(37)17-35(16-12-21-8-10-22(30)11-9-21)27(39)24-18-36-14-6-13-32-29(36)33-24/h6,8-11,13-14,17-20,25,31H,5,7,12,15-16H2,1-4H3,(H,34,38)/b23-17+/t19-,20+,25-/m0/s1. The number of benzene rings is 1. The summed E-state index contributed by atoms with van der Waals surface area (Å²) in [5, 5.41) is 5.68. The van der Waals surface area contributed by atoms with Crippen LogP contribution in [0.3, 0.4) is 0 Å². The molecule has 2 aromatic heterocycles. The number of methoxy groups -OCH3 is 1. The van der Waals surface area contributed by atoms with E-state index >= 15 is 0 Å². The predicted molar refractivity (Wildman–Crippen MR) is 150 cm³/mol. The second kappa shape index (κ2) is 13.5. The molecule has 11 nitrogen and oxygen atoms in total. The number of likely N-dealkylation sites (tertiary alicyclic amines) is 1. The van der Waals surface area contributed by atoms with Gasteiger partial charge >= 0.3 is 0 Å². The zero-order valence-electron chi connectivity index (χ0n) is 23.7. The highest BCUT2D eigenvalue weighted by atomic mass is 19.1. The van der Waals surface area contributed by atoms with Crippen LogP contribution in [0, 0.1) is 5.82 Å². The number of hydrogen-bond donors (Lipinski definition) is 2. The van der Waals surface area contributed by atoms with Crippen LogP contribution in [0.2, 0.25) is 0 Å². The minimum absolute atomic E-state index is 0.203. The Labute approximate surface area is 238 Å². The van der Waals surface area contributed by atoms with Crippen LogP contribution in [0.1, 0.15) is 42.7 Å². The first-order valence-electron chi connectivity index (χ1n) is 13.6. The average Bonchev–Trinajstić information content (AvgIpc) is 3.64. The number of allylic oxidation sites excluding steroid dienone is 1. The van der Waals surface area contributed by atoms with Crippen LogP contribution in [0.25, 0.3) is 5.78 Å². The van der Waals surface area contributed by atoms with Crippen molar-refractivity contribution in [1.82, 2.24) is 34.8 Å². The van der Waals surface area contributed by atoms with Gasteiger partial charge in [-0.25, -0.2) is 14.4 Å². The number of amides is 3. The lowest BCUT2D eigenvalue weighted by Crippen LogP contribution is -2.56. The largest absolute Gasteiger partial charge is 0.379 e. The summed E-state index contributed by atoms with van der Waals surface area (Å²) >= 11 is 0. The molecule has 2 N–H and O–H groups in total. The number of nitrogens with zero attached hydrogens (tertiary/aromatic N) is 5. The van der Waals surface area contributed by atoms with Crippen LogP contribution in [-0.2, 0) is 20.7 Å². The lowest BCUT2D eigenvalue weighted by molar-refractivity contribution is -0.138. The number of rotatable bonds is 11. The first kappa shape index (κ1) is 29.8. The number of ether oxygens (including phenoxy) is 1. The van der Waals surface area contributed by atoms with Gasteiger partial charge in [0, 0.05) is 50.7 Å². The molecule has 41 heavy (non-hydrogen) atoms. The number of nitrogens with one attached hydrogen (secondary N) is 2. The Bertz CT molecular complexity index is 1370. The number of imidazole rings is 1. The van der Waals surface area contributed by atoms with Gasteiger partial charge in [-0.1, -0.05) is 12.1 Å². The lowest BCUT2D eigenvalue weighted by Gasteiger charge is -2.30. The number of aromatic nitrogens is 3. The smallest absolute Gasteiger partial charge is 0.278 e. The van der Waals surface area contributed by atoms with Crippen molar-refractivity contribution in [3.8, 4) is 0 Å².